The van der Waals surface area contributed by atoms with Crippen molar-refractivity contribution in [2.45, 2.75) is 23.5 Å². The molecule has 7 rings (SSSR count). The fourth-order valence-electron chi connectivity index (χ4n) is 6.07. The summed E-state index contributed by atoms with van der Waals surface area (Å²) in [4.78, 5) is 33.6. The van der Waals surface area contributed by atoms with E-state index in [0.29, 0.717) is 11.1 Å². The molecule has 184 valence electrons. The Morgan fingerprint density at radius 1 is 0.789 bits per heavy atom. The van der Waals surface area contributed by atoms with E-state index in [4.69, 9.17) is 14.8 Å². The van der Waals surface area contributed by atoms with Crippen LogP contribution in [0, 0.1) is 0 Å². The number of hydrazone groups is 1. The number of fused-ring (bicyclic) bond motifs is 4. The SMILES string of the molecule is O=C(c1ccccc1)[C@H]1[C@@H](c2ccccc2)[C@@]2(N=C(c3ccccc3)OC2=O)[C@H]2c3ccccc3C=NN12. The summed E-state index contributed by atoms with van der Waals surface area (Å²) in [5.41, 5.74) is 2.46. The van der Waals surface area contributed by atoms with E-state index in [0.717, 1.165) is 16.7 Å². The summed E-state index contributed by atoms with van der Waals surface area (Å²) in [5, 5.41) is 6.58. The predicted molar refractivity (Wildman–Crippen MR) is 144 cm³/mol. The molecule has 4 aromatic carbocycles. The minimum atomic E-state index is -1.42. The number of Topliss-reactive ketones (excluding diaryl/α,β-unsaturated/α-hetero) is 1. The number of aliphatic imine (C=N–C) groups is 1. The highest BCUT2D eigenvalue weighted by molar-refractivity contribution is 6.11. The summed E-state index contributed by atoms with van der Waals surface area (Å²) in [7, 11) is 0. The van der Waals surface area contributed by atoms with Crippen LogP contribution in [0.25, 0.3) is 0 Å². The van der Waals surface area contributed by atoms with E-state index in [-0.39, 0.29) is 11.7 Å². The lowest BCUT2D eigenvalue weighted by Gasteiger charge is -2.34. The van der Waals surface area contributed by atoms with Gasteiger partial charge in [-0.3, -0.25) is 9.80 Å². The van der Waals surface area contributed by atoms with Gasteiger partial charge in [0.05, 0.1) is 12.1 Å². The molecule has 1 fully saturated rings. The van der Waals surface area contributed by atoms with Crippen LogP contribution in [0.2, 0.25) is 0 Å². The Kier molecular flexibility index (Phi) is 5.08. The zero-order chi connectivity index (χ0) is 25.7. The second-order valence-electron chi connectivity index (χ2n) is 9.72. The quantitative estimate of drug-likeness (QED) is 0.288. The van der Waals surface area contributed by atoms with Crippen molar-refractivity contribution in [1.82, 2.24) is 5.01 Å². The number of hydrogen-bond donors (Lipinski definition) is 0. The number of nitrogens with zero attached hydrogens (tertiary/aromatic N) is 3. The number of ketones is 1. The highest BCUT2D eigenvalue weighted by Gasteiger charge is 2.70. The van der Waals surface area contributed by atoms with Crippen LogP contribution in [0.15, 0.2) is 125 Å². The van der Waals surface area contributed by atoms with Crippen LogP contribution < -0.4 is 0 Å². The summed E-state index contributed by atoms with van der Waals surface area (Å²) < 4.78 is 5.96. The number of benzene rings is 4. The largest absolute Gasteiger partial charge is 0.405 e. The van der Waals surface area contributed by atoms with Crippen molar-refractivity contribution in [3.63, 3.8) is 0 Å². The van der Waals surface area contributed by atoms with Crippen molar-refractivity contribution in [3.8, 4) is 0 Å². The molecule has 0 amide bonds. The van der Waals surface area contributed by atoms with Crippen molar-refractivity contribution in [2.75, 3.05) is 0 Å². The Morgan fingerprint density at radius 3 is 2.16 bits per heavy atom. The molecule has 3 aliphatic heterocycles. The minimum Gasteiger partial charge on any atom is -0.405 e. The minimum absolute atomic E-state index is 0.117. The van der Waals surface area contributed by atoms with Crippen molar-refractivity contribution in [3.05, 3.63) is 143 Å². The molecular weight excluding hydrogens is 474 g/mol. The number of hydrogen-bond acceptors (Lipinski definition) is 6. The van der Waals surface area contributed by atoms with Gasteiger partial charge in [0.25, 0.3) is 0 Å². The summed E-state index contributed by atoms with van der Waals surface area (Å²) in [6.07, 6.45) is 1.76. The molecule has 4 atom stereocenters. The number of rotatable bonds is 4. The lowest BCUT2D eigenvalue weighted by molar-refractivity contribution is -0.140. The van der Waals surface area contributed by atoms with Gasteiger partial charge in [-0.2, -0.15) is 5.10 Å². The second kappa shape index (κ2) is 8.63. The van der Waals surface area contributed by atoms with E-state index in [1.54, 1.807) is 23.4 Å². The van der Waals surface area contributed by atoms with Crippen molar-refractivity contribution in [1.29, 1.82) is 0 Å². The van der Waals surface area contributed by atoms with Gasteiger partial charge < -0.3 is 4.74 Å². The van der Waals surface area contributed by atoms with Gasteiger partial charge in [0.15, 0.2) is 11.3 Å². The zero-order valence-corrected chi connectivity index (χ0v) is 20.3. The van der Waals surface area contributed by atoms with Gasteiger partial charge >= 0.3 is 5.97 Å². The topological polar surface area (TPSA) is 71.3 Å². The average Bonchev–Trinajstić information content (AvgIpc) is 3.49. The molecule has 1 saturated heterocycles. The van der Waals surface area contributed by atoms with Crippen LogP contribution >= 0.6 is 0 Å². The molecule has 0 aromatic heterocycles. The zero-order valence-electron chi connectivity index (χ0n) is 20.3. The monoisotopic (exact) mass is 497 g/mol. The molecule has 3 aliphatic rings. The van der Waals surface area contributed by atoms with Gasteiger partial charge in [-0.1, -0.05) is 103 Å². The third-order valence-corrected chi connectivity index (χ3v) is 7.69. The van der Waals surface area contributed by atoms with Crippen LogP contribution in [-0.2, 0) is 9.53 Å². The molecular formula is C32H23N3O3. The second-order valence-corrected chi connectivity index (χ2v) is 9.72. The molecule has 0 N–H and O–H groups in total. The summed E-state index contributed by atoms with van der Waals surface area (Å²) >= 11 is 0. The first kappa shape index (κ1) is 22.4. The predicted octanol–water partition coefficient (Wildman–Crippen LogP) is 5.17. The van der Waals surface area contributed by atoms with E-state index in [9.17, 15) is 9.59 Å². The highest BCUT2D eigenvalue weighted by Crippen LogP contribution is 2.58. The summed E-state index contributed by atoms with van der Waals surface area (Å²) in [6, 6.07) is 34.7. The van der Waals surface area contributed by atoms with Crippen molar-refractivity contribution >= 4 is 23.9 Å². The van der Waals surface area contributed by atoms with Gasteiger partial charge in [0.1, 0.15) is 12.1 Å². The Morgan fingerprint density at radius 2 is 1.42 bits per heavy atom. The van der Waals surface area contributed by atoms with E-state index >= 15 is 0 Å². The molecule has 4 aromatic rings. The van der Waals surface area contributed by atoms with Crippen LogP contribution in [0.5, 0.6) is 0 Å². The third-order valence-electron chi connectivity index (χ3n) is 7.69. The van der Waals surface area contributed by atoms with E-state index in [1.807, 2.05) is 103 Å². The van der Waals surface area contributed by atoms with E-state index in [2.05, 4.69) is 0 Å². The summed E-state index contributed by atoms with van der Waals surface area (Å²) in [6.45, 7) is 0. The molecule has 6 nitrogen and oxygen atoms in total. The first-order valence-electron chi connectivity index (χ1n) is 12.6. The van der Waals surface area contributed by atoms with Crippen LogP contribution in [-0.4, -0.2) is 40.5 Å². The standard InChI is InChI=1S/C32H23N3O3/c36-28(22-14-6-2-7-15-22)27-26(21-12-4-1-5-13-21)32(29-25-19-11-10-18-24(25)20-33-35(27)29)31(37)38-30(34-32)23-16-8-3-9-17-23/h1-20,26-27,29H/t26-,27-,29-,32-/m1/s1. The Balaban J connectivity index is 1.52. The highest BCUT2D eigenvalue weighted by atomic mass is 16.6. The number of cyclic esters (lactones) is 1. The van der Waals surface area contributed by atoms with E-state index in [1.165, 1.54) is 0 Å². The smallest absolute Gasteiger partial charge is 0.344 e. The lowest BCUT2D eigenvalue weighted by Crippen LogP contribution is -2.44. The maximum absolute atomic E-state index is 14.3. The normalized spacial score (nSPS) is 25.1. The number of esters is 1. The van der Waals surface area contributed by atoms with Gasteiger partial charge in [-0.15, -0.1) is 0 Å². The molecule has 0 bridgehead atoms. The maximum atomic E-state index is 14.3. The van der Waals surface area contributed by atoms with Crippen molar-refractivity contribution in [2.24, 2.45) is 10.1 Å². The van der Waals surface area contributed by atoms with Gasteiger partial charge in [0, 0.05) is 11.1 Å². The molecule has 0 radical (unpaired) electrons. The molecule has 6 heteroatoms. The van der Waals surface area contributed by atoms with Gasteiger partial charge in [-0.25, -0.2) is 9.79 Å². The van der Waals surface area contributed by atoms with Crippen LogP contribution in [0.1, 0.15) is 44.6 Å². The first-order valence-corrected chi connectivity index (χ1v) is 12.6. The van der Waals surface area contributed by atoms with Crippen LogP contribution in [0.4, 0.5) is 0 Å². The third kappa shape index (κ3) is 3.20. The number of carbonyl (C=O) groups is 2. The van der Waals surface area contributed by atoms with Gasteiger partial charge in [-0.05, 0) is 28.8 Å². The molecule has 3 heterocycles. The summed E-state index contributed by atoms with van der Waals surface area (Å²) in [5.74, 6) is -0.973. The lowest BCUT2D eigenvalue weighted by atomic mass is 9.72. The number of carbonyl (C=O) groups excluding carboxylic acids is 2. The Bertz CT molecular complexity index is 1600. The molecule has 0 unspecified atom stereocenters. The molecule has 38 heavy (non-hydrogen) atoms. The molecule has 0 aliphatic carbocycles. The van der Waals surface area contributed by atoms with Crippen molar-refractivity contribution < 1.29 is 14.3 Å². The molecule has 0 saturated carbocycles. The average molecular weight is 498 g/mol. The fraction of sp³-hybridized carbons (Fsp3) is 0.125. The number of ether oxygens (including phenoxy) is 1. The maximum Gasteiger partial charge on any atom is 0.344 e. The Labute approximate surface area is 219 Å². The Hall–Kier alpha value is -4.84. The fourth-order valence-corrected chi connectivity index (χ4v) is 6.07. The molecule has 1 spiro atoms. The first-order chi connectivity index (χ1) is 18.7. The van der Waals surface area contributed by atoms with E-state index < -0.39 is 29.5 Å². The van der Waals surface area contributed by atoms with Gasteiger partial charge in [0.2, 0.25) is 5.90 Å². The van der Waals surface area contributed by atoms with Crippen LogP contribution in [0.3, 0.4) is 0 Å².